The number of hydrogen-bond acceptors (Lipinski definition) is 4. The lowest BCUT2D eigenvalue weighted by Crippen LogP contribution is -2.28. The van der Waals surface area contributed by atoms with Crippen LogP contribution in [0.1, 0.15) is 11.1 Å². The van der Waals surface area contributed by atoms with Gasteiger partial charge in [0.05, 0.1) is 19.2 Å². The average Bonchev–Trinajstić information content (AvgIpc) is 2.43. The molecule has 110 valence electrons. The van der Waals surface area contributed by atoms with Crippen LogP contribution in [0.3, 0.4) is 0 Å². The van der Waals surface area contributed by atoms with Gasteiger partial charge in [-0.1, -0.05) is 17.9 Å². The lowest BCUT2D eigenvalue weighted by atomic mass is 10.1. The largest absolute Gasteiger partial charge is 0.495 e. The van der Waals surface area contributed by atoms with Gasteiger partial charge < -0.3 is 20.3 Å². The van der Waals surface area contributed by atoms with Gasteiger partial charge in [-0.2, -0.15) is 0 Å². The zero-order valence-corrected chi connectivity index (χ0v) is 12.9. The molecule has 0 unspecified atom stereocenters. The molecule has 20 heavy (non-hydrogen) atoms. The first-order valence-corrected chi connectivity index (χ1v) is 6.76. The zero-order valence-electron chi connectivity index (χ0n) is 12.9. The Morgan fingerprint density at radius 1 is 1.20 bits per heavy atom. The number of methoxy groups -OCH3 is 1. The summed E-state index contributed by atoms with van der Waals surface area (Å²) in [6.07, 6.45) is 0. The number of ether oxygens (including phenoxy) is 1. The fourth-order valence-electron chi connectivity index (χ4n) is 1.86. The third-order valence-corrected chi connectivity index (χ3v) is 2.97. The first kappa shape index (κ1) is 16.5. The average molecular weight is 275 g/mol. The summed E-state index contributed by atoms with van der Waals surface area (Å²) in [5.41, 5.74) is 7.56. The van der Waals surface area contributed by atoms with Crippen molar-refractivity contribution in [2.24, 2.45) is 5.73 Å². The molecule has 0 radical (unpaired) electrons. The van der Waals surface area contributed by atoms with Crippen molar-refractivity contribution in [2.75, 3.05) is 47.9 Å². The first-order valence-electron chi connectivity index (χ1n) is 6.76. The predicted molar refractivity (Wildman–Crippen MR) is 83.8 cm³/mol. The molecule has 0 aliphatic carbocycles. The van der Waals surface area contributed by atoms with E-state index in [1.54, 1.807) is 7.11 Å². The molecular formula is C16H25N3O. The third kappa shape index (κ3) is 5.62. The molecule has 0 saturated heterocycles. The van der Waals surface area contributed by atoms with Crippen LogP contribution in [0.5, 0.6) is 5.75 Å². The van der Waals surface area contributed by atoms with Crippen LogP contribution in [0, 0.1) is 11.8 Å². The van der Waals surface area contributed by atoms with E-state index in [9.17, 15) is 0 Å². The molecule has 0 fully saturated rings. The highest BCUT2D eigenvalue weighted by atomic mass is 16.5. The van der Waals surface area contributed by atoms with Gasteiger partial charge in [0, 0.05) is 19.6 Å². The van der Waals surface area contributed by atoms with Gasteiger partial charge in [-0.05, 0) is 38.8 Å². The Morgan fingerprint density at radius 3 is 2.55 bits per heavy atom. The number of nitrogens with zero attached hydrogens (tertiary/aromatic N) is 2. The molecule has 1 rings (SSSR count). The number of benzene rings is 1. The Hall–Kier alpha value is -1.54. The monoisotopic (exact) mass is 275 g/mol. The van der Waals surface area contributed by atoms with Crippen LogP contribution in [0.25, 0.3) is 0 Å². The highest BCUT2D eigenvalue weighted by molar-refractivity contribution is 5.48. The van der Waals surface area contributed by atoms with E-state index in [1.165, 1.54) is 5.56 Å². The van der Waals surface area contributed by atoms with Crippen LogP contribution >= 0.6 is 0 Å². The highest BCUT2D eigenvalue weighted by Crippen LogP contribution is 2.19. The Kier molecular flexibility index (Phi) is 7.10. The van der Waals surface area contributed by atoms with Crippen molar-refractivity contribution in [1.29, 1.82) is 0 Å². The van der Waals surface area contributed by atoms with Crippen LogP contribution < -0.4 is 10.5 Å². The maximum Gasteiger partial charge on any atom is 0.134 e. The molecule has 0 aliphatic heterocycles. The standard InChI is InChI=1S/C16H25N3O/c1-18(2)10-11-19(3)13-14-7-8-16(20-4)15(12-14)6-5-9-17/h7-8,12H,9-11,13,17H2,1-4H3. The van der Waals surface area contributed by atoms with Crippen LogP contribution in [0.2, 0.25) is 0 Å². The van der Waals surface area contributed by atoms with E-state index in [4.69, 9.17) is 10.5 Å². The molecule has 1 aromatic carbocycles. The molecule has 0 saturated carbocycles. The maximum atomic E-state index is 5.43. The van der Waals surface area contributed by atoms with E-state index < -0.39 is 0 Å². The van der Waals surface area contributed by atoms with Gasteiger partial charge in [0.1, 0.15) is 5.75 Å². The van der Waals surface area contributed by atoms with Crippen LogP contribution in [-0.4, -0.2) is 57.7 Å². The maximum absolute atomic E-state index is 5.43. The fourth-order valence-corrected chi connectivity index (χ4v) is 1.86. The van der Waals surface area contributed by atoms with Gasteiger partial charge in [0.2, 0.25) is 0 Å². The SMILES string of the molecule is COc1ccc(CN(C)CCN(C)C)cc1C#CCN. The van der Waals surface area contributed by atoms with E-state index in [0.717, 1.165) is 30.9 Å². The van der Waals surface area contributed by atoms with E-state index in [1.807, 2.05) is 6.07 Å². The first-order chi connectivity index (χ1) is 9.56. The summed E-state index contributed by atoms with van der Waals surface area (Å²) < 4.78 is 5.32. The topological polar surface area (TPSA) is 41.7 Å². The van der Waals surface area contributed by atoms with E-state index in [0.29, 0.717) is 6.54 Å². The minimum atomic E-state index is 0.357. The van der Waals surface area contributed by atoms with Crippen molar-refractivity contribution >= 4 is 0 Å². The van der Waals surface area contributed by atoms with Gasteiger partial charge in [-0.25, -0.2) is 0 Å². The molecule has 0 spiro atoms. The van der Waals surface area contributed by atoms with Crippen molar-refractivity contribution in [3.05, 3.63) is 29.3 Å². The molecule has 0 amide bonds. The van der Waals surface area contributed by atoms with Gasteiger partial charge in [0.15, 0.2) is 0 Å². The predicted octanol–water partition coefficient (Wildman–Crippen LogP) is 0.999. The number of likely N-dealkylation sites (N-methyl/N-ethyl adjacent to an activating group) is 2. The molecule has 0 aliphatic rings. The summed E-state index contributed by atoms with van der Waals surface area (Å²) in [7, 11) is 7.95. The lowest BCUT2D eigenvalue weighted by molar-refractivity contribution is 0.276. The van der Waals surface area contributed by atoms with Crippen molar-refractivity contribution in [3.8, 4) is 17.6 Å². The van der Waals surface area contributed by atoms with E-state index >= 15 is 0 Å². The van der Waals surface area contributed by atoms with Crippen molar-refractivity contribution < 1.29 is 4.74 Å². The molecule has 0 aromatic heterocycles. The smallest absolute Gasteiger partial charge is 0.134 e. The summed E-state index contributed by atoms with van der Waals surface area (Å²) in [6, 6.07) is 6.13. The second kappa shape index (κ2) is 8.60. The minimum absolute atomic E-state index is 0.357. The second-order valence-electron chi connectivity index (χ2n) is 5.08. The lowest BCUT2D eigenvalue weighted by Gasteiger charge is -2.19. The summed E-state index contributed by atoms with van der Waals surface area (Å²) >= 11 is 0. The van der Waals surface area contributed by atoms with Crippen LogP contribution in [-0.2, 0) is 6.54 Å². The van der Waals surface area contributed by atoms with Crippen molar-refractivity contribution in [1.82, 2.24) is 9.80 Å². The number of nitrogens with two attached hydrogens (primary N) is 1. The van der Waals surface area contributed by atoms with Crippen molar-refractivity contribution in [3.63, 3.8) is 0 Å². The molecule has 1 aromatic rings. The minimum Gasteiger partial charge on any atom is -0.495 e. The van der Waals surface area contributed by atoms with E-state index in [-0.39, 0.29) is 0 Å². The molecule has 4 heteroatoms. The molecule has 0 atom stereocenters. The molecule has 4 nitrogen and oxygen atoms in total. The molecule has 0 heterocycles. The quantitative estimate of drug-likeness (QED) is 0.787. The third-order valence-electron chi connectivity index (χ3n) is 2.97. The Balaban J connectivity index is 2.76. The van der Waals surface area contributed by atoms with Gasteiger partial charge >= 0.3 is 0 Å². The van der Waals surface area contributed by atoms with Gasteiger partial charge in [-0.15, -0.1) is 0 Å². The second-order valence-corrected chi connectivity index (χ2v) is 5.08. The van der Waals surface area contributed by atoms with Crippen LogP contribution in [0.15, 0.2) is 18.2 Å². The Labute approximate surface area is 122 Å². The van der Waals surface area contributed by atoms with Gasteiger partial charge in [0.25, 0.3) is 0 Å². The van der Waals surface area contributed by atoms with E-state index in [2.05, 4.69) is 54.9 Å². The molecule has 2 N–H and O–H groups in total. The van der Waals surface area contributed by atoms with Crippen molar-refractivity contribution in [2.45, 2.75) is 6.54 Å². The molecular weight excluding hydrogens is 250 g/mol. The number of hydrogen-bond donors (Lipinski definition) is 1. The summed E-state index contributed by atoms with van der Waals surface area (Å²) in [5.74, 6) is 6.74. The zero-order chi connectivity index (χ0) is 15.0. The Bertz CT molecular complexity index is 474. The fraction of sp³-hybridized carbons (Fsp3) is 0.500. The Morgan fingerprint density at radius 2 is 1.95 bits per heavy atom. The summed E-state index contributed by atoms with van der Waals surface area (Å²) in [6.45, 7) is 3.33. The normalized spacial score (nSPS) is 10.6. The van der Waals surface area contributed by atoms with Gasteiger partial charge in [-0.3, -0.25) is 0 Å². The number of rotatable bonds is 6. The highest BCUT2D eigenvalue weighted by Gasteiger charge is 2.05. The summed E-state index contributed by atoms with van der Waals surface area (Å²) in [4.78, 5) is 4.48. The molecule has 0 bridgehead atoms. The summed E-state index contributed by atoms with van der Waals surface area (Å²) in [5, 5.41) is 0. The van der Waals surface area contributed by atoms with Crippen LogP contribution in [0.4, 0.5) is 0 Å².